The first-order valence-corrected chi connectivity index (χ1v) is 8.27. The van der Waals surface area contributed by atoms with Crippen molar-refractivity contribution in [2.24, 2.45) is 0 Å². The monoisotopic (exact) mass is 358 g/mol. The van der Waals surface area contributed by atoms with Crippen LogP contribution in [-0.4, -0.2) is 38.2 Å². The zero-order chi connectivity index (χ0) is 19.3. The van der Waals surface area contributed by atoms with E-state index in [4.69, 9.17) is 14.2 Å². The fraction of sp³-hybridized carbons (Fsp3) is 0.350. The van der Waals surface area contributed by atoms with Crippen LogP contribution in [0.2, 0.25) is 0 Å². The lowest BCUT2D eigenvalue weighted by Crippen LogP contribution is -2.26. The molecule has 0 N–H and O–H groups in total. The Balaban J connectivity index is 2.17. The average Bonchev–Trinajstić information content (AvgIpc) is 2.66. The van der Waals surface area contributed by atoms with Crippen molar-refractivity contribution < 1.29 is 28.6 Å². The molecular weight excluding hydrogens is 336 g/mol. The van der Waals surface area contributed by atoms with Crippen molar-refractivity contribution in [3.05, 3.63) is 52.5 Å². The summed E-state index contributed by atoms with van der Waals surface area (Å²) in [5.74, 6) is -0.244. The number of allylic oxidation sites excluding steroid dienone is 2. The molecule has 138 valence electrons. The van der Waals surface area contributed by atoms with Crippen molar-refractivity contribution in [1.29, 1.82) is 0 Å². The highest BCUT2D eigenvalue weighted by Gasteiger charge is 2.34. The molecule has 0 spiro atoms. The molecule has 26 heavy (non-hydrogen) atoms. The topological polar surface area (TPSA) is 78.9 Å². The molecule has 0 saturated heterocycles. The van der Waals surface area contributed by atoms with Crippen LogP contribution in [-0.2, 0) is 30.3 Å². The van der Waals surface area contributed by atoms with Crippen LogP contribution in [0.3, 0.4) is 0 Å². The van der Waals surface area contributed by atoms with E-state index < -0.39 is 0 Å². The summed E-state index contributed by atoms with van der Waals surface area (Å²) in [5, 5.41) is 0. The number of carbonyl (C=O) groups excluding carboxylic acids is 3. The summed E-state index contributed by atoms with van der Waals surface area (Å²) in [6, 6.07) is 7.06. The molecule has 0 radical (unpaired) electrons. The van der Waals surface area contributed by atoms with Gasteiger partial charge in [-0.15, -0.1) is 0 Å². The predicted octanol–water partition coefficient (Wildman–Crippen LogP) is 2.56. The number of methoxy groups -OCH3 is 2. The first-order chi connectivity index (χ1) is 12.4. The molecule has 0 aliphatic heterocycles. The highest BCUT2D eigenvalue weighted by Crippen LogP contribution is 2.28. The maximum absolute atomic E-state index is 12.6. The van der Waals surface area contributed by atoms with Gasteiger partial charge in [0.2, 0.25) is 23.1 Å². The number of ether oxygens (including phenoxy) is 3. The third-order valence-electron chi connectivity index (χ3n) is 4.19. The second-order valence-corrected chi connectivity index (χ2v) is 5.83. The molecule has 1 aliphatic rings. The van der Waals surface area contributed by atoms with Crippen molar-refractivity contribution >= 4 is 17.3 Å². The van der Waals surface area contributed by atoms with Crippen molar-refractivity contribution in [3.8, 4) is 5.75 Å². The van der Waals surface area contributed by atoms with Crippen LogP contribution in [0.4, 0.5) is 0 Å². The van der Waals surface area contributed by atoms with Gasteiger partial charge in [-0.2, -0.15) is 0 Å². The second kappa shape index (κ2) is 8.47. The van der Waals surface area contributed by atoms with Gasteiger partial charge >= 0.3 is 0 Å². The Morgan fingerprint density at radius 3 is 2.08 bits per heavy atom. The largest absolute Gasteiger partial charge is 0.489 e. The minimum Gasteiger partial charge on any atom is -0.489 e. The van der Waals surface area contributed by atoms with Crippen LogP contribution < -0.4 is 4.74 Å². The van der Waals surface area contributed by atoms with Gasteiger partial charge in [0.15, 0.2) is 5.78 Å². The van der Waals surface area contributed by atoms with Crippen molar-refractivity contribution in [3.63, 3.8) is 0 Å². The van der Waals surface area contributed by atoms with E-state index in [2.05, 4.69) is 0 Å². The molecule has 1 aromatic rings. The number of rotatable bonds is 8. The van der Waals surface area contributed by atoms with E-state index in [0.29, 0.717) is 23.3 Å². The van der Waals surface area contributed by atoms with Gasteiger partial charge in [-0.25, -0.2) is 0 Å². The Morgan fingerprint density at radius 2 is 1.54 bits per heavy atom. The van der Waals surface area contributed by atoms with E-state index in [1.54, 1.807) is 38.1 Å². The summed E-state index contributed by atoms with van der Waals surface area (Å²) < 4.78 is 15.5. The number of hydrogen-bond acceptors (Lipinski definition) is 6. The van der Waals surface area contributed by atoms with Crippen LogP contribution in [0.1, 0.15) is 25.8 Å². The van der Waals surface area contributed by atoms with Crippen molar-refractivity contribution in [1.82, 2.24) is 0 Å². The first-order valence-electron chi connectivity index (χ1n) is 8.27. The summed E-state index contributed by atoms with van der Waals surface area (Å²) in [6.45, 7) is 3.43. The maximum atomic E-state index is 12.6. The molecule has 2 rings (SSSR count). The zero-order valence-corrected chi connectivity index (χ0v) is 15.4. The Hall–Kier alpha value is -2.89. The highest BCUT2D eigenvalue weighted by molar-refractivity contribution is 6.23. The van der Waals surface area contributed by atoms with Gasteiger partial charge in [-0.1, -0.05) is 19.1 Å². The quantitative estimate of drug-likeness (QED) is 0.665. The number of benzene rings is 1. The summed E-state index contributed by atoms with van der Waals surface area (Å²) in [4.78, 5) is 36.3. The van der Waals surface area contributed by atoms with Gasteiger partial charge in [0.1, 0.15) is 12.4 Å². The van der Waals surface area contributed by atoms with Gasteiger partial charge in [0.25, 0.3) is 0 Å². The molecule has 1 aliphatic carbocycles. The molecule has 0 amide bonds. The molecule has 1 aromatic carbocycles. The van der Waals surface area contributed by atoms with Crippen LogP contribution in [0.15, 0.2) is 46.9 Å². The molecular formula is C20H22O6. The Bertz CT molecular complexity index is 783. The predicted molar refractivity (Wildman–Crippen MR) is 94.7 cm³/mol. The Kier molecular flexibility index (Phi) is 6.33. The first kappa shape index (κ1) is 19.4. The molecule has 0 aromatic heterocycles. The Labute approximate surface area is 152 Å². The highest BCUT2D eigenvalue weighted by atomic mass is 16.5. The molecule has 0 saturated carbocycles. The summed E-state index contributed by atoms with van der Waals surface area (Å²) in [5.41, 5.74) is 1.56. The molecule has 0 atom stereocenters. The minimum atomic E-state index is -0.352. The second-order valence-electron chi connectivity index (χ2n) is 5.83. The normalized spacial score (nSPS) is 14.6. The number of carbonyl (C=O) groups is 3. The average molecular weight is 358 g/mol. The third kappa shape index (κ3) is 4.02. The van der Waals surface area contributed by atoms with Crippen LogP contribution in [0.5, 0.6) is 5.75 Å². The van der Waals surface area contributed by atoms with E-state index in [1.807, 2.05) is 0 Å². The number of Topliss-reactive ketones (excluding diaryl/α,β-unsaturated/α-hetero) is 3. The van der Waals surface area contributed by atoms with Gasteiger partial charge < -0.3 is 14.2 Å². The van der Waals surface area contributed by atoms with Crippen LogP contribution in [0, 0.1) is 0 Å². The molecule has 0 bridgehead atoms. The smallest absolute Gasteiger partial charge is 0.228 e. The molecule has 0 fully saturated rings. The standard InChI is InChI=1S/C20H22O6/c1-5-14(21)11-26-15-8-6-13(7-9-15)10-16-12(2)17(22)19(24-3)20(25-4)18(16)23/h6-9H,5,10-11H2,1-4H3. The van der Waals surface area contributed by atoms with Gasteiger partial charge in [0, 0.05) is 24.0 Å². The molecule has 6 nitrogen and oxygen atoms in total. The lowest BCUT2D eigenvalue weighted by atomic mass is 9.89. The summed E-state index contributed by atoms with van der Waals surface area (Å²) in [7, 11) is 2.67. The van der Waals surface area contributed by atoms with Crippen molar-refractivity contribution in [2.75, 3.05) is 20.8 Å². The maximum Gasteiger partial charge on any atom is 0.228 e. The van der Waals surface area contributed by atoms with Crippen LogP contribution >= 0.6 is 0 Å². The lowest BCUT2D eigenvalue weighted by Gasteiger charge is -2.20. The van der Waals surface area contributed by atoms with Gasteiger partial charge in [-0.05, 0) is 24.6 Å². The zero-order valence-electron chi connectivity index (χ0n) is 15.4. The Morgan fingerprint density at radius 1 is 0.962 bits per heavy atom. The summed E-state index contributed by atoms with van der Waals surface area (Å²) >= 11 is 0. The van der Waals surface area contributed by atoms with E-state index in [1.165, 1.54) is 14.2 Å². The van der Waals surface area contributed by atoms with E-state index in [-0.39, 0.29) is 41.9 Å². The van der Waals surface area contributed by atoms with Gasteiger partial charge in [-0.3, -0.25) is 14.4 Å². The van der Waals surface area contributed by atoms with E-state index >= 15 is 0 Å². The fourth-order valence-electron chi connectivity index (χ4n) is 2.58. The fourth-order valence-corrected chi connectivity index (χ4v) is 2.58. The third-order valence-corrected chi connectivity index (χ3v) is 4.19. The summed E-state index contributed by atoms with van der Waals surface area (Å²) in [6.07, 6.45) is 0.717. The van der Waals surface area contributed by atoms with Crippen molar-refractivity contribution in [2.45, 2.75) is 26.7 Å². The molecule has 0 unspecified atom stereocenters. The lowest BCUT2D eigenvalue weighted by molar-refractivity contribution is -0.121. The minimum absolute atomic E-state index is 0.0222. The number of ketones is 3. The number of hydrogen-bond donors (Lipinski definition) is 0. The van der Waals surface area contributed by atoms with Gasteiger partial charge in [0.05, 0.1) is 14.2 Å². The van der Waals surface area contributed by atoms with E-state index in [0.717, 1.165) is 5.56 Å². The van der Waals surface area contributed by atoms with Crippen LogP contribution in [0.25, 0.3) is 0 Å². The molecule has 6 heteroatoms. The SMILES string of the molecule is CCC(=O)COc1ccc(CC2=C(C)C(=O)C(OC)=C(OC)C2=O)cc1. The van der Waals surface area contributed by atoms with E-state index in [9.17, 15) is 14.4 Å². The molecule has 0 heterocycles.